The molecule has 2 rings (SSSR count). The number of phenolic OH excluding ortho intramolecular Hbond substituents is 1. The third-order valence-corrected chi connectivity index (χ3v) is 1.97. The molecule has 0 atom stereocenters. The van der Waals surface area contributed by atoms with Crippen molar-refractivity contribution in [2.24, 2.45) is 0 Å². The molecule has 0 unspecified atom stereocenters. The molecule has 0 saturated carbocycles. The summed E-state index contributed by atoms with van der Waals surface area (Å²) in [7, 11) is 0. The Labute approximate surface area is 89.7 Å². The third kappa shape index (κ3) is 1.71. The predicted octanol–water partition coefficient (Wildman–Crippen LogP) is 1.06. The summed E-state index contributed by atoms with van der Waals surface area (Å²) in [5.41, 5.74) is 1.81. The summed E-state index contributed by atoms with van der Waals surface area (Å²) in [4.78, 5) is 4.09. The second-order valence-corrected chi connectivity index (χ2v) is 2.80. The van der Waals surface area contributed by atoms with Crippen LogP contribution < -0.4 is 0 Å². The van der Waals surface area contributed by atoms with Gasteiger partial charge in [0.2, 0.25) is 0 Å². The van der Waals surface area contributed by atoms with Gasteiger partial charge in [-0.15, -0.1) is 0 Å². The molecule has 0 aliphatic rings. The summed E-state index contributed by atoms with van der Waals surface area (Å²) in [6, 6.07) is 7.39. The number of phenols is 1. The van der Waals surface area contributed by atoms with E-state index in [1.807, 2.05) is 25.1 Å². The molecule has 0 aliphatic heterocycles. The molecule has 2 nitrogen and oxygen atoms in total. The van der Waals surface area contributed by atoms with Crippen LogP contribution in [0.1, 0.15) is 5.56 Å². The van der Waals surface area contributed by atoms with Crippen LogP contribution in [0.5, 0.6) is 5.75 Å². The van der Waals surface area contributed by atoms with Crippen molar-refractivity contribution in [3.05, 3.63) is 36.0 Å². The van der Waals surface area contributed by atoms with Crippen LogP contribution in [0.3, 0.4) is 0 Å². The van der Waals surface area contributed by atoms with Crippen molar-refractivity contribution in [2.45, 2.75) is 6.92 Å². The molecule has 0 radical (unpaired) electrons. The number of fused-ring (bicyclic) bond motifs is 1. The summed E-state index contributed by atoms with van der Waals surface area (Å²) in [5, 5.41) is 10.4. The topological polar surface area (TPSA) is 33.1 Å². The van der Waals surface area contributed by atoms with E-state index in [0.29, 0.717) is 5.52 Å². The zero-order chi connectivity index (χ0) is 8.55. The molecule has 1 N–H and O–H groups in total. The Balaban J connectivity index is 0.000000845. The summed E-state index contributed by atoms with van der Waals surface area (Å²) in [5.74, 6) is 0.246. The number of hydrogen-bond acceptors (Lipinski definition) is 2. The van der Waals surface area contributed by atoms with Gasteiger partial charge in [0.05, 0.1) is 0 Å². The van der Waals surface area contributed by atoms with Gasteiger partial charge in [0.1, 0.15) is 11.3 Å². The monoisotopic (exact) mass is 231 g/mol. The molecule has 0 bridgehead atoms. The van der Waals surface area contributed by atoms with E-state index < -0.39 is 0 Å². The van der Waals surface area contributed by atoms with Crippen LogP contribution in [0.2, 0.25) is 0 Å². The van der Waals surface area contributed by atoms with Gasteiger partial charge in [-0.05, 0) is 24.6 Å². The van der Waals surface area contributed by atoms with Crippen LogP contribution in [0, 0.1) is 6.92 Å². The van der Waals surface area contributed by atoms with Crippen molar-refractivity contribution in [3.8, 4) is 5.75 Å². The second-order valence-electron chi connectivity index (χ2n) is 2.80. The minimum absolute atomic E-state index is 0. The van der Waals surface area contributed by atoms with Crippen molar-refractivity contribution < 1.29 is 5.11 Å². The van der Waals surface area contributed by atoms with E-state index in [-0.39, 0.29) is 25.5 Å². The Morgan fingerprint density at radius 1 is 1.23 bits per heavy atom. The zero-order valence-electron chi connectivity index (χ0n) is 6.78. The van der Waals surface area contributed by atoms with E-state index in [1.165, 1.54) is 0 Å². The van der Waals surface area contributed by atoms with Gasteiger partial charge in [-0.25, -0.2) is 0 Å². The fourth-order valence-electron chi connectivity index (χ4n) is 1.30. The van der Waals surface area contributed by atoms with E-state index in [4.69, 9.17) is 0 Å². The molecule has 0 aliphatic carbocycles. The summed E-state index contributed by atoms with van der Waals surface area (Å²) in [6.45, 7) is 2.00. The molecule has 0 spiro atoms. The molecule has 2 aromatic rings. The number of aromatic hydroxyl groups is 1. The van der Waals surface area contributed by atoms with Crippen LogP contribution in [-0.4, -0.2) is 29.9 Å². The Bertz CT molecular complexity index is 388. The molecular weight excluding hydrogens is 220 g/mol. The number of aromatic nitrogens is 1. The van der Waals surface area contributed by atoms with Crippen LogP contribution in [0.4, 0.5) is 0 Å². The number of benzene rings is 1. The molecule has 0 saturated heterocycles. The molecule has 1 aromatic heterocycles. The Morgan fingerprint density at radius 2 is 2.00 bits per heavy atom. The number of pyridine rings is 1. The van der Waals surface area contributed by atoms with Gasteiger partial charge >= 0.3 is 19.8 Å². The fourth-order valence-corrected chi connectivity index (χ4v) is 1.30. The predicted molar refractivity (Wildman–Crippen MR) is 58.1 cm³/mol. The standard InChI is InChI=1S/C10H9NO.Ga.3H/c1-7-4-5-9(12)10-8(7)3-2-6-11-10;;;;/h2-6,12H,1H3;;;;. The summed E-state index contributed by atoms with van der Waals surface area (Å²) >= 11 is 0. The van der Waals surface area contributed by atoms with Gasteiger partial charge in [0.25, 0.3) is 0 Å². The number of rotatable bonds is 0. The van der Waals surface area contributed by atoms with Gasteiger partial charge in [0, 0.05) is 11.6 Å². The first kappa shape index (κ1) is 10.1. The van der Waals surface area contributed by atoms with Gasteiger partial charge in [0.15, 0.2) is 0 Å². The molecule has 0 amide bonds. The maximum atomic E-state index is 9.43. The SMILES string of the molecule is Cc1ccc(O)c2ncccc12.[GaH3]. The summed E-state index contributed by atoms with van der Waals surface area (Å²) < 4.78 is 0. The minimum atomic E-state index is 0. The average molecular weight is 232 g/mol. The zero-order valence-corrected chi connectivity index (χ0v) is 6.78. The maximum absolute atomic E-state index is 9.43. The average Bonchev–Trinajstić information content (AvgIpc) is 2.12. The van der Waals surface area contributed by atoms with Gasteiger partial charge in [-0.3, -0.25) is 4.98 Å². The van der Waals surface area contributed by atoms with Crippen molar-refractivity contribution in [3.63, 3.8) is 0 Å². The van der Waals surface area contributed by atoms with Crippen LogP contribution in [0.15, 0.2) is 30.5 Å². The Morgan fingerprint density at radius 3 is 2.69 bits per heavy atom. The third-order valence-electron chi connectivity index (χ3n) is 1.97. The van der Waals surface area contributed by atoms with Gasteiger partial charge in [-0.2, -0.15) is 0 Å². The Hall–Kier alpha value is -0.934. The molecule has 0 fully saturated rings. The first-order chi connectivity index (χ1) is 5.79. The van der Waals surface area contributed by atoms with Gasteiger partial charge in [-0.1, -0.05) is 12.1 Å². The molecule has 13 heavy (non-hydrogen) atoms. The van der Waals surface area contributed by atoms with Crippen LogP contribution >= 0.6 is 0 Å². The number of hydrogen-bond donors (Lipinski definition) is 1. The molecule has 1 heterocycles. The molecule has 3 heteroatoms. The van der Waals surface area contributed by atoms with E-state index in [9.17, 15) is 5.11 Å². The van der Waals surface area contributed by atoms with Crippen molar-refractivity contribution in [1.29, 1.82) is 0 Å². The quantitative estimate of drug-likeness (QED) is 0.689. The fraction of sp³-hybridized carbons (Fsp3) is 0.100. The normalized spacial score (nSPS) is 9.62. The first-order valence-electron chi connectivity index (χ1n) is 3.82. The van der Waals surface area contributed by atoms with E-state index in [2.05, 4.69) is 4.98 Å². The second kappa shape index (κ2) is 3.85. The van der Waals surface area contributed by atoms with Crippen LogP contribution in [-0.2, 0) is 0 Å². The van der Waals surface area contributed by atoms with Crippen molar-refractivity contribution in [1.82, 2.24) is 4.98 Å². The first-order valence-corrected chi connectivity index (χ1v) is 3.82. The summed E-state index contributed by atoms with van der Waals surface area (Å²) in [6.07, 6.45) is 1.68. The molecule has 1 aromatic carbocycles. The Kier molecular flexibility index (Phi) is 3.01. The van der Waals surface area contributed by atoms with Gasteiger partial charge < -0.3 is 5.11 Å². The van der Waals surface area contributed by atoms with E-state index in [0.717, 1.165) is 10.9 Å². The molecular formula is C10H12GaNO. The number of nitrogens with zero attached hydrogens (tertiary/aromatic N) is 1. The number of aryl methyl sites for hydroxylation is 1. The molecule has 66 valence electrons. The van der Waals surface area contributed by atoms with Crippen molar-refractivity contribution in [2.75, 3.05) is 0 Å². The van der Waals surface area contributed by atoms with E-state index in [1.54, 1.807) is 12.3 Å². The van der Waals surface area contributed by atoms with Crippen molar-refractivity contribution >= 4 is 30.7 Å². The van der Waals surface area contributed by atoms with E-state index >= 15 is 0 Å². The van der Waals surface area contributed by atoms with Crippen LogP contribution in [0.25, 0.3) is 10.9 Å².